The summed E-state index contributed by atoms with van der Waals surface area (Å²) in [6.07, 6.45) is 0. The van der Waals surface area contributed by atoms with Crippen LogP contribution in [-0.4, -0.2) is 19.3 Å². The Morgan fingerprint density at radius 1 is 1.35 bits per heavy atom. The lowest BCUT2D eigenvalue weighted by Gasteiger charge is -2.05. The normalized spacial score (nSPS) is 11.4. The highest BCUT2D eigenvalue weighted by Gasteiger charge is 2.13. The SMILES string of the molecule is Cc1nn(C)c(C)c1Cn1c(=S)[nH]c2ccc(F)cc21. The van der Waals surface area contributed by atoms with Crippen LogP contribution in [0.2, 0.25) is 0 Å². The van der Waals surface area contributed by atoms with Crippen molar-refractivity contribution < 1.29 is 4.39 Å². The van der Waals surface area contributed by atoms with Crippen LogP contribution in [-0.2, 0) is 13.6 Å². The molecule has 0 saturated heterocycles. The Labute approximate surface area is 120 Å². The second-order valence-electron chi connectivity index (χ2n) is 4.95. The van der Waals surface area contributed by atoms with E-state index in [9.17, 15) is 4.39 Å². The molecule has 1 aromatic carbocycles. The van der Waals surface area contributed by atoms with Crippen molar-refractivity contribution in [2.24, 2.45) is 7.05 Å². The zero-order valence-corrected chi connectivity index (χ0v) is 12.4. The average molecular weight is 290 g/mol. The Kier molecular flexibility index (Phi) is 2.97. The fourth-order valence-corrected chi connectivity index (χ4v) is 2.76. The second kappa shape index (κ2) is 4.56. The van der Waals surface area contributed by atoms with E-state index in [2.05, 4.69) is 10.1 Å². The van der Waals surface area contributed by atoms with Gasteiger partial charge in [-0.1, -0.05) is 0 Å². The van der Waals surface area contributed by atoms with Crippen molar-refractivity contribution in [1.29, 1.82) is 0 Å². The lowest BCUT2D eigenvalue weighted by Crippen LogP contribution is -2.02. The number of fused-ring (bicyclic) bond motifs is 1. The van der Waals surface area contributed by atoms with Crippen LogP contribution in [0.1, 0.15) is 17.0 Å². The number of benzene rings is 1. The number of imidazole rings is 1. The molecule has 4 nitrogen and oxygen atoms in total. The van der Waals surface area contributed by atoms with Crippen LogP contribution in [0.25, 0.3) is 11.0 Å². The minimum absolute atomic E-state index is 0.264. The van der Waals surface area contributed by atoms with Gasteiger partial charge < -0.3 is 9.55 Å². The Bertz CT molecular complexity index is 856. The van der Waals surface area contributed by atoms with E-state index >= 15 is 0 Å². The number of nitrogens with one attached hydrogen (secondary N) is 1. The molecule has 1 N–H and O–H groups in total. The summed E-state index contributed by atoms with van der Waals surface area (Å²) in [5.74, 6) is -0.264. The summed E-state index contributed by atoms with van der Waals surface area (Å²) in [4.78, 5) is 3.10. The van der Waals surface area contributed by atoms with Crippen molar-refractivity contribution >= 4 is 23.3 Å². The smallest absolute Gasteiger partial charge is 0.178 e. The zero-order valence-electron chi connectivity index (χ0n) is 11.6. The number of H-pyrrole nitrogens is 1. The average Bonchev–Trinajstić information content (AvgIpc) is 2.82. The molecule has 2 heterocycles. The van der Waals surface area contributed by atoms with Gasteiger partial charge in [-0.15, -0.1) is 0 Å². The standard InChI is InChI=1S/C14H15FN4S/c1-8-11(9(2)18(3)17-8)7-19-13-6-10(15)4-5-12(13)16-14(19)20/h4-6H,7H2,1-3H3,(H,16,20). The quantitative estimate of drug-likeness (QED) is 0.736. The maximum atomic E-state index is 13.4. The van der Waals surface area contributed by atoms with Gasteiger partial charge in [0.1, 0.15) is 5.82 Å². The molecule has 104 valence electrons. The zero-order chi connectivity index (χ0) is 14.4. The first kappa shape index (κ1) is 13.1. The number of halogens is 1. The molecule has 3 rings (SSSR count). The number of aryl methyl sites for hydroxylation is 2. The topological polar surface area (TPSA) is 38.5 Å². The van der Waals surface area contributed by atoms with Crippen LogP contribution in [0.4, 0.5) is 4.39 Å². The Balaban J connectivity index is 2.17. The van der Waals surface area contributed by atoms with Crippen LogP contribution in [0.5, 0.6) is 0 Å². The summed E-state index contributed by atoms with van der Waals surface area (Å²) in [5, 5.41) is 4.40. The van der Waals surface area contributed by atoms with Gasteiger partial charge in [0.2, 0.25) is 0 Å². The molecule has 0 fully saturated rings. The van der Waals surface area contributed by atoms with E-state index in [1.807, 2.05) is 30.1 Å². The van der Waals surface area contributed by atoms with Crippen LogP contribution in [0.3, 0.4) is 0 Å². The summed E-state index contributed by atoms with van der Waals surface area (Å²) in [7, 11) is 1.92. The van der Waals surface area contributed by atoms with Crippen molar-refractivity contribution in [2.75, 3.05) is 0 Å². The third-order valence-corrected chi connectivity index (χ3v) is 4.03. The maximum Gasteiger partial charge on any atom is 0.178 e. The van der Waals surface area contributed by atoms with Gasteiger partial charge >= 0.3 is 0 Å². The number of hydrogen-bond acceptors (Lipinski definition) is 2. The summed E-state index contributed by atoms with van der Waals surface area (Å²) in [6, 6.07) is 4.64. The van der Waals surface area contributed by atoms with E-state index in [1.54, 1.807) is 6.07 Å². The third kappa shape index (κ3) is 1.96. The molecular weight excluding hydrogens is 275 g/mol. The number of nitrogens with zero attached hydrogens (tertiary/aromatic N) is 3. The first-order chi connectivity index (χ1) is 9.47. The van der Waals surface area contributed by atoms with E-state index < -0.39 is 0 Å². The second-order valence-corrected chi connectivity index (χ2v) is 5.34. The number of rotatable bonds is 2. The summed E-state index contributed by atoms with van der Waals surface area (Å²) < 4.78 is 17.8. The van der Waals surface area contributed by atoms with Gasteiger partial charge in [0.15, 0.2) is 4.77 Å². The lowest BCUT2D eigenvalue weighted by atomic mass is 10.2. The van der Waals surface area contributed by atoms with E-state index in [0.717, 1.165) is 28.0 Å². The summed E-state index contributed by atoms with van der Waals surface area (Å²) in [5.41, 5.74) is 4.80. The Morgan fingerprint density at radius 3 is 2.75 bits per heavy atom. The fraction of sp³-hybridized carbons (Fsp3) is 0.286. The molecule has 0 aliphatic heterocycles. The predicted octanol–water partition coefficient (Wildman–Crippen LogP) is 3.24. The summed E-state index contributed by atoms with van der Waals surface area (Å²) >= 11 is 5.35. The largest absolute Gasteiger partial charge is 0.331 e. The molecule has 0 amide bonds. The molecule has 0 unspecified atom stereocenters. The first-order valence-corrected chi connectivity index (χ1v) is 6.75. The van der Waals surface area contributed by atoms with E-state index in [0.29, 0.717) is 11.3 Å². The van der Waals surface area contributed by atoms with Crippen LogP contribution in [0.15, 0.2) is 18.2 Å². The molecular formula is C14H15FN4S. The predicted molar refractivity (Wildman–Crippen MR) is 78.9 cm³/mol. The molecule has 20 heavy (non-hydrogen) atoms. The third-order valence-electron chi connectivity index (χ3n) is 3.71. The van der Waals surface area contributed by atoms with Crippen molar-refractivity contribution in [1.82, 2.24) is 19.3 Å². The highest BCUT2D eigenvalue weighted by Crippen LogP contribution is 2.20. The number of hydrogen-bond donors (Lipinski definition) is 1. The van der Waals surface area contributed by atoms with Crippen molar-refractivity contribution in [3.8, 4) is 0 Å². The Morgan fingerprint density at radius 2 is 2.10 bits per heavy atom. The van der Waals surface area contributed by atoms with Crippen molar-refractivity contribution in [2.45, 2.75) is 20.4 Å². The van der Waals surface area contributed by atoms with E-state index in [4.69, 9.17) is 12.2 Å². The number of aromatic amines is 1. The van der Waals surface area contributed by atoms with Gasteiger partial charge in [0, 0.05) is 18.3 Å². The van der Waals surface area contributed by atoms with Crippen LogP contribution >= 0.6 is 12.2 Å². The van der Waals surface area contributed by atoms with E-state index in [1.165, 1.54) is 12.1 Å². The highest BCUT2D eigenvalue weighted by atomic mass is 32.1. The lowest BCUT2D eigenvalue weighted by molar-refractivity contribution is 0.628. The van der Waals surface area contributed by atoms with Gasteiger partial charge in [-0.2, -0.15) is 5.10 Å². The summed E-state index contributed by atoms with van der Waals surface area (Å²) in [6.45, 7) is 4.59. The molecule has 0 atom stereocenters. The molecule has 0 radical (unpaired) electrons. The molecule has 0 aliphatic carbocycles. The van der Waals surface area contributed by atoms with Gasteiger partial charge in [-0.05, 0) is 44.3 Å². The van der Waals surface area contributed by atoms with Gasteiger partial charge in [0.05, 0.1) is 23.3 Å². The van der Waals surface area contributed by atoms with Gasteiger partial charge in [-0.25, -0.2) is 4.39 Å². The minimum atomic E-state index is -0.264. The molecule has 0 bridgehead atoms. The maximum absolute atomic E-state index is 13.4. The molecule has 2 aromatic heterocycles. The van der Waals surface area contributed by atoms with E-state index in [-0.39, 0.29) is 5.82 Å². The van der Waals surface area contributed by atoms with Crippen LogP contribution < -0.4 is 0 Å². The molecule has 6 heteroatoms. The van der Waals surface area contributed by atoms with Crippen molar-refractivity contribution in [3.05, 3.63) is 45.7 Å². The molecule has 3 aromatic rings. The molecule has 0 spiro atoms. The Hall–Kier alpha value is -1.95. The highest BCUT2D eigenvalue weighted by molar-refractivity contribution is 7.71. The fourth-order valence-electron chi connectivity index (χ4n) is 2.49. The van der Waals surface area contributed by atoms with Gasteiger partial charge in [-0.3, -0.25) is 4.68 Å². The molecule has 0 saturated carbocycles. The monoisotopic (exact) mass is 290 g/mol. The molecule has 0 aliphatic rings. The van der Waals surface area contributed by atoms with Gasteiger partial charge in [0.25, 0.3) is 0 Å². The minimum Gasteiger partial charge on any atom is -0.331 e. The van der Waals surface area contributed by atoms with Crippen LogP contribution in [0, 0.1) is 24.4 Å². The van der Waals surface area contributed by atoms with Crippen molar-refractivity contribution in [3.63, 3.8) is 0 Å². The first-order valence-electron chi connectivity index (χ1n) is 6.34. The number of aromatic nitrogens is 4.